The van der Waals surface area contributed by atoms with Gasteiger partial charge >= 0.3 is 0 Å². The van der Waals surface area contributed by atoms with Crippen LogP contribution in [0.4, 0.5) is 14.5 Å². The zero-order valence-corrected chi connectivity index (χ0v) is 11.8. The van der Waals surface area contributed by atoms with Crippen molar-refractivity contribution in [2.45, 2.75) is 18.6 Å². The van der Waals surface area contributed by atoms with Crippen LogP contribution in [0, 0.1) is 18.6 Å². The number of aliphatic hydroxyl groups is 1. The van der Waals surface area contributed by atoms with Crippen LogP contribution in [0.2, 0.25) is 0 Å². The maximum Gasteiger partial charge on any atom is 0.279 e. The summed E-state index contributed by atoms with van der Waals surface area (Å²) in [5, 5.41) is 8.46. The predicted molar refractivity (Wildman–Crippen MR) is 72.1 cm³/mol. The van der Waals surface area contributed by atoms with Gasteiger partial charge in [0.2, 0.25) is 0 Å². The lowest BCUT2D eigenvalue weighted by Crippen LogP contribution is -2.17. The standard InChI is InChI=1S/C13H12F2N2O3S/c1-8-2-4-10(14)13(12(8)15)17-21(19,20)11-5-3-9(7-18)6-16-11/h2-6,17-18H,7H2,1H3. The van der Waals surface area contributed by atoms with Crippen molar-refractivity contribution in [3.05, 3.63) is 53.2 Å². The van der Waals surface area contributed by atoms with Crippen LogP contribution in [0.15, 0.2) is 35.5 Å². The maximum atomic E-state index is 13.8. The maximum absolute atomic E-state index is 13.8. The Morgan fingerprint density at radius 1 is 1.24 bits per heavy atom. The molecular formula is C13H12F2N2O3S. The molecule has 0 spiro atoms. The molecule has 2 N–H and O–H groups in total. The fourth-order valence-corrected chi connectivity index (χ4v) is 2.60. The molecule has 1 aromatic carbocycles. The van der Waals surface area contributed by atoms with Gasteiger partial charge in [0.15, 0.2) is 10.8 Å². The first-order valence-electron chi connectivity index (χ1n) is 5.88. The van der Waals surface area contributed by atoms with Crippen LogP contribution < -0.4 is 4.72 Å². The molecule has 1 heterocycles. The molecule has 0 aliphatic carbocycles. The molecule has 8 heteroatoms. The Morgan fingerprint density at radius 2 is 1.95 bits per heavy atom. The van der Waals surface area contributed by atoms with Gasteiger partial charge in [0.1, 0.15) is 11.5 Å². The van der Waals surface area contributed by atoms with Crippen molar-refractivity contribution in [2.24, 2.45) is 0 Å². The normalized spacial score (nSPS) is 11.4. The lowest BCUT2D eigenvalue weighted by atomic mass is 10.2. The van der Waals surface area contributed by atoms with E-state index in [4.69, 9.17) is 5.11 Å². The van der Waals surface area contributed by atoms with E-state index in [9.17, 15) is 17.2 Å². The number of hydrogen-bond donors (Lipinski definition) is 2. The fraction of sp³-hybridized carbons (Fsp3) is 0.154. The number of halogens is 2. The molecule has 0 unspecified atom stereocenters. The minimum Gasteiger partial charge on any atom is -0.392 e. The number of aromatic nitrogens is 1. The second kappa shape index (κ2) is 5.74. The summed E-state index contributed by atoms with van der Waals surface area (Å²) in [4.78, 5) is 3.64. The van der Waals surface area contributed by atoms with Crippen LogP contribution in [0.5, 0.6) is 0 Å². The largest absolute Gasteiger partial charge is 0.392 e. The van der Waals surface area contributed by atoms with Crippen molar-refractivity contribution < 1.29 is 22.3 Å². The highest BCUT2D eigenvalue weighted by Gasteiger charge is 2.21. The van der Waals surface area contributed by atoms with Gasteiger partial charge in [-0.2, -0.15) is 8.42 Å². The summed E-state index contributed by atoms with van der Waals surface area (Å²) in [5.74, 6) is -2.00. The fourth-order valence-electron chi connectivity index (χ4n) is 1.60. The second-order valence-corrected chi connectivity index (χ2v) is 5.95. The zero-order valence-electron chi connectivity index (χ0n) is 11.0. The number of sulfonamides is 1. The minimum atomic E-state index is -4.22. The summed E-state index contributed by atoms with van der Waals surface area (Å²) < 4.78 is 53.3. The SMILES string of the molecule is Cc1ccc(F)c(NS(=O)(=O)c2ccc(CO)cn2)c1F. The number of anilines is 1. The molecule has 112 valence electrons. The molecule has 5 nitrogen and oxygen atoms in total. The highest BCUT2D eigenvalue weighted by atomic mass is 32.2. The Kier molecular flexibility index (Phi) is 4.19. The lowest BCUT2D eigenvalue weighted by Gasteiger charge is -2.10. The first-order valence-corrected chi connectivity index (χ1v) is 7.36. The third kappa shape index (κ3) is 3.17. The van der Waals surface area contributed by atoms with Gasteiger partial charge in [0.05, 0.1) is 6.61 Å². The van der Waals surface area contributed by atoms with E-state index in [1.165, 1.54) is 19.1 Å². The molecule has 0 fully saturated rings. The number of aryl methyl sites for hydroxylation is 1. The number of rotatable bonds is 4. The van der Waals surface area contributed by atoms with Gasteiger partial charge in [0.25, 0.3) is 10.0 Å². The number of hydrogen-bond acceptors (Lipinski definition) is 4. The second-order valence-electron chi connectivity index (χ2n) is 4.32. The summed E-state index contributed by atoms with van der Waals surface area (Å²) in [7, 11) is -4.22. The molecule has 2 rings (SSSR count). The van der Waals surface area contributed by atoms with Gasteiger partial charge in [-0.25, -0.2) is 13.8 Å². The number of nitrogens with one attached hydrogen (secondary N) is 1. The molecule has 0 amide bonds. The van der Waals surface area contributed by atoms with Crippen molar-refractivity contribution in [1.29, 1.82) is 0 Å². The van der Waals surface area contributed by atoms with E-state index in [0.29, 0.717) is 5.56 Å². The van der Waals surface area contributed by atoms with E-state index in [1.807, 2.05) is 4.72 Å². The third-order valence-electron chi connectivity index (χ3n) is 2.78. The molecule has 0 saturated carbocycles. The molecule has 21 heavy (non-hydrogen) atoms. The smallest absolute Gasteiger partial charge is 0.279 e. The summed E-state index contributed by atoms with van der Waals surface area (Å²) in [5.41, 5.74) is -0.220. The van der Waals surface area contributed by atoms with Crippen LogP contribution in [0.3, 0.4) is 0 Å². The molecule has 0 bridgehead atoms. The van der Waals surface area contributed by atoms with Crippen LogP contribution in [0.25, 0.3) is 0 Å². The van der Waals surface area contributed by atoms with Gasteiger partial charge in [0, 0.05) is 6.20 Å². The molecular weight excluding hydrogens is 302 g/mol. The molecule has 0 atom stereocenters. The Bertz CT molecular complexity index is 762. The Morgan fingerprint density at radius 3 is 2.52 bits per heavy atom. The first kappa shape index (κ1) is 15.3. The quantitative estimate of drug-likeness (QED) is 0.904. The van der Waals surface area contributed by atoms with Crippen molar-refractivity contribution in [1.82, 2.24) is 4.98 Å². The average molecular weight is 314 g/mol. The Hall–Kier alpha value is -2.06. The summed E-state index contributed by atoms with van der Waals surface area (Å²) in [6.07, 6.45) is 1.16. The Labute approximate surface area is 120 Å². The van der Waals surface area contributed by atoms with Gasteiger partial charge in [-0.15, -0.1) is 0 Å². The van der Waals surface area contributed by atoms with E-state index in [2.05, 4.69) is 4.98 Å². The third-order valence-corrected chi connectivity index (χ3v) is 4.04. The van der Waals surface area contributed by atoms with Gasteiger partial charge < -0.3 is 5.11 Å². The van der Waals surface area contributed by atoms with Crippen molar-refractivity contribution >= 4 is 15.7 Å². The molecule has 1 aromatic heterocycles. The summed E-state index contributed by atoms with van der Waals surface area (Å²) >= 11 is 0. The van der Waals surface area contributed by atoms with Gasteiger partial charge in [-0.1, -0.05) is 12.1 Å². The number of pyridine rings is 1. The monoisotopic (exact) mass is 314 g/mol. The predicted octanol–water partition coefficient (Wildman–Crippen LogP) is 1.96. The van der Waals surface area contributed by atoms with Gasteiger partial charge in [-0.05, 0) is 30.2 Å². The Balaban J connectivity index is 2.39. The van der Waals surface area contributed by atoms with Crippen molar-refractivity contribution in [2.75, 3.05) is 4.72 Å². The van der Waals surface area contributed by atoms with E-state index in [-0.39, 0.29) is 12.2 Å². The van der Waals surface area contributed by atoms with Crippen LogP contribution in [-0.4, -0.2) is 18.5 Å². The summed E-state index contributed by atoms with van der Waals surface area (Å²) in [6, 6.07) is 4.67. The van der Waals surface area contributed by atoms with Crippen molar-refractivity contribution in [3.8, 4) is 0 Å². The first-order chi connectivity index (χ1) is 9.85. The molecule has 0 aliphatic rings. The topological polar surface area (TPSA) is 79.3 Å². The average Bonchev–Trinajstić information content (AvgIpc) is 2.48. The molecule has 0 radical (unpaired) electrons. The molecule has 0 aliphatic heterocycles. The van der Waals surface area contributed by atoms with Crippen molar-refractivity contribution in [3.63, 3.8) is 0 Å². The van der Waals surface area contributed by atoms with Crippen LogP contribution >= 0.6 is 0 Å². The summed E-state index contributed by atoms with van der Waals surface area (Å²) in [6.45, 7) is 1.10. The zero-order chi connectivity index (χ0) is 15.6. The molecule has 0 saturated heterocycles. The van der Waals surface area contributed by atoms with Crippen LogP contribution in [0.1, 0.15) is 11.1 Å². The van der Waals surface area contributed by atoms with E-state index >= 15 is 0 Å². The minimum absolute atomic E-state index is 0.109. The lowest BCUT2D eigenvalue weighted by molar-refractivity contribution is 0.281. The number of aliphatic hydroxyl groups excluding tert-OH is 1. The number of nitrogens with zero attached hydrogens (tertiary/aromatic N) is 1. The van der Waals surface area contributed by atoms with Crippen LogP contribution in [-0.2, 0) is 16.6 Å². The van der Waals surface area contributed by atoms with E-state index < -0.39 is 32.4 Å². The van der Waals surface area contributed by atoms with Gasteiger partial charge in [-0.3, -0.25) is 4.72 Å². The molecule has 2 aromatic rings. The van der Waals surface area contributed by atoms with E-state index in [0.717, 1.165) is 18.3 Å². The highest BCUT2D eigenvalue weighted by Crippen LogP contribution is 2.24. The highest BCUT2D eigenvalue weighted by molar-refractivity contribution is 7.92. The number of benzene rings is 1. The van der Waals surface area contributed by atoms with E-state index in [1.54, 1.807) is 0 Å².